The average molecular weight is 394 g/mol. The minimum atomic E-state index is 0.247. The number of benzene rings is 3. The lowest BCUT2D eigenvalue weighted by molar-refractivity contribution is 0.174. The molecule has 0 aliphatic carbocycles. The quantitative estimate of drug-likeness (QED) is 0.382. The van der Waals surface area contributed by atoms with E-state index in [1.165, 1.54) is 0 Å². The summed E-state index contributed by atoms with van der Waals surface area (Å²) in [4.78, 5) is 9.28. The summed E-state index contributed by atoms with van der Waals surface area (Å²) in [6.45, 7) is 0.247. The van der Waals surface area contributed by atoms with E-state index in [0.717, 1.165) is 33.8 Å². The van der Waals surface area contributed by atoms with Crippen molar-refractivity contribution in [2.45, 2.75) is 0 Å². The molecule has 0 amide bonds. The normalized spacial score (nSPS) is 12.3. The largest absolute Gasteiger partial charge is 0.454 e. The van der Waals surface area contributed by atoms with E-state index in [0.29, 0.717) is 11.7 Å². The Kier molecular flexibility index (Phi) is 4.79. The zero-order valence-electron chi connectivity index (χ0n) is 16.0. The molecule has 1 N–H and O–H groups in total. The highest BCUT2D eigenvalue weighted by Crippen LogP contribution is 2.32. The van der Waals surface area contributed by atoms with Gasteiger partial charge in [-0.25, -0.2) is 15.4 Å². The number of hydrazone groups is 1. The average Bonchev–Trinajstić information content (AvgIpc) is 3.28. The van der Waals surface area contributed by atoms with Crippen molar-refractivity contribution in [1.82, 2.24) is 9.97 Å². The number of nitrogens with one attached hydrogen (secondary N) is 1. The molecule has 3 aromatic carbocycles. The van der Waals surface area contributed by atoms with Gasteiger partial charge in [0.25, 0.3) is 0 Å². The van der Waals surface area contributed by atoms with Gasteiger partial charge in [-0.2, -0.15) is 5.10 Å². The van der Waals surface area contributed by atoms with Gasteiger partial charge in [0.2, 0.25) is 12.7 Å². The number of anilines is 1. The smallest absolute Gasteiger partial charge is 0.244 e. The van der Waals surface area contributed by atoms with Gasteiger partial charge in [0.15, 0.2) is 11.5 Å². The highest BCUT2D eigenvalue weighted by Gasteiger charge is 2.12. The second kappa shape index (κ2) is 8.05. The molecule has 0 saturated carbocycles. The van der Waals surface area contributed by atoms with Gasteiger partial charge < -0.3 is 9.47 Å². The van der Waals surface area contributed by atoms with Gasteiger partial charge in [0.1, 0.15) is 0 Å². The first kappa shape index (κ1) is 17.9. The van der Waals surface area contributed by atoms with Gasteiger partial charge in [-0.05, 0) is 29.8 Å². The molecule has 0 atom stereocenters. The highest BCUT2D eigenvalue weighted by atomic mass is 16.7. The van der Waals surface area contributed by atoms with Crippen molar-refractivity contribution in [2.24, 2.45) is 5.10 Å². The molecule has 1 aliphatic rings. The molecule has 0 unspecified atom stereocenters. The summed E-state index contributed by atoms with van der Waals surface area (Å²) in [6, 6.07) is 27.7. The van der Waals surface area contributed by atoms with Crippen molar-refractivity contribution < 1.29 is 9.47 Å². The van der Waals surface area contributed by atoms with Gasteiger partial charge in [-0.3, -0.25) is 0 Å². The molecular weight excluding hydrogens is 376 g/mol. The molecular formula is C24H18N4O2. The molecule has 0 radical (unpaired) electrons. The molecule has 6 nitrogen and oxygen atoms in total. The third-order valence-corrected chi connectivity index (χ3v) is 4.64. The molecule has 1 aromatic heterocycles. The Morgan fingerprint density at radius 2 is 1.37 bits per heavy atom. The summed E-state index contributed by atoms with van der Waals surface area (Å²) in [5, 5.41) is 4.31. The number of hydrogen-bond donors (Lipinski definition) is 1. The van der Waals surface area contributed by atoms with Crippen molar-refractivity contribution in [3.63, 3.8) is 0 Å². The maximum absolute atomic E-state index is 5.40. The van der Waals surface area contributed by atoms with E-state index < -0.39 is 0 Å². The van der Waals surface area contributed by atoms with E-state index in [2.05, 4.69) is 20.5 Å². The highest BCUT2D eigenvalue weighted by molar-refractivity contribution is 5.81. The molecule has 5 rings (SSSR count). The Labute approximate surface area is 173 Å². The van der Waals surface area contributed by atoms with Crippen LogP contribution in [-0.4, -0.2) is 23.0 Å². The monoisotopic (exact) mass is 394 g/mol. The molecule has 1 aliphatic heterocycles. The van der Waals surface area contributed by atoms with Crippen LogP contribution < -0.4 is 14.9 Å². The first-order chi connectivity index (χ1) is 14.8. The zero-order chi connectivity index (χ0) is 20.2. The van der Waals surface area contributed by atoms with Crippen molar-refractivity contribution >= 4 is 12.2 Å². The number of fused-ring (bicyclic) bond motifs is 1. The van der Waals surface area contributed by atoms with E-state index in [4.69, 9.17) is 9.47 Å². The predicted molar refractivity (Wildman–Crippen MR) is 117 cm³/mol. The third kappa shape index (κ3) is 3.84. The fourth-order valence-electron chi connectivity index (χ4n) is 3.17. The molecule has 6 heteroatoms. The van der Waals surface area contributed by atoms with Crippen LogP contribution in [0.2, 0.25) is 0 Å². The number of rotatable bonds is 5. The Morgan fingerprint density at radius 3 is 2.03 bits per heavy atom. The summed E-state index contributed by atoms with van der Waals surface area (Å²) >= 11 is 0. The Balaban J connectivity index is 1.45. The summed E-state index contributed by atoms with van der Waals surface area (Å²) in [5.74, 6) is 1.88. The van der Waals surface area contributed by atoms with Gasteiger partial charge in [0.05, 0.1) is 17.6 Å². The fraction of sp³-hybridized carbons (Fsp3) is 0.0417. The predicted octanol–water partition coefficient (Wildman–Crippen LogP) is 4.99. The summed E-state index contributed by atoms with van der Waals surface area (Å²) in [7, 11) is 0. The Hall–Kier alpha value is -4.19. The lowest BCUT2D eigenvalue weighted by Gasteiger charge is -2.08. The van der Waals surface area contributed by atoms with E-state index in [1.54, 1.807) is 6.21 Å². The van der Waals surface area contributed by atoms with Crippen LogP contribution >= 0.6 is 0 Å². The van der Waals surface area contributed by atoms with Crippen LogP contribution in [0.15, 0.2) is 90.0 Å². The van der Waals surface area contributed by atoms with Crippen molar-refractivity contribution in [2.75, 3.05) is 12.2 Å². The minimum Gasteiger partial charge on any atom is -0.454 e. The van der Waals surface area contributed by atoms with Crippen LogP contribution in [0.25, 0.3) is 22.5 Å². The van der Waals surface area contributed by atoms with Crippen LogP contribution in [0, 0.1) is 0 Å². The topological polar surface area (TPSA) is 68.6 Å². The summed E-state index contributed by atoms with van der Waals surface area (Å²) in [5.41, 5.74) is 7.52. The third-order valence-electron chi connectivity index (χ3n) is 4.64. The van der Waals surface area contributed by atoms with Gasteiger partial charge in [-0.15, -0.1) is 0 Å². The Bertz CT molecular complexity index is 1140. The molecule has 4 aromatic rings. The number of nitrogens with zero attached hydrogens (tertiary/aromatic N) is 3. The standard InChI is InChI=1S/C24H18N4O2/c1-3-7-18(8-4-1)20-14-21(19-9-5-2-6-10-19)27-24(26-20)28-25-15-17-11-12-22-23(13-17)30-16-29-22/h1-15H,16H2,(H,26,27,28)/b25-15+. The van der Waals surface area contributed by atoms with Crippen LogP contribution in [0.1, 0.15) is 5.56 Å². The van der Waals surface area contributed by atoms with E-state index in [-0.39, 0.29) is 6.79 Å². The first-order valence-corrected chi connectivity index (χ1v) is 9.54. The molecule has 30 heavy (non-hydrogen) atoms. The van der Waals surface area contributed by atoms with Crippen LogP contribution in [0.3, 0.4) is 0 Å². The summed E-state index contributed by atoms with van der Waals surface area (Å²) < 4.78 is 10.7. The summed E-state index contributed by atoms with van der Waals surface area (Å²) in [6.07, 6.45) is 1.70. The van der Waals surface area contributed by atoms with Gasteiger partial charge in [-0.1, -0.05) is 60.7 Å². The molecule has 0 fully saturated rings. The van der Waals surface area contributed by atoms with Crippen LogP contribution in [0.5, 0.6) is 11.5 Å². The van der Waals surface area contributed by atoms with Gasteiger partial charge in [0, 0.05) is 11.1 Å². The van der Waals surface area contributed by atoms with Crippen molar-refractivity contribution in [3.8, 4) is 34.0 Å². The van der Waals surface area contributed by atoms with E-state index in [1.807, 2.05) is 84.9 Å². The lowest BCUT2D eigenvalue weighted by atomic mass is 10.1. The Morgan fingerprint density at radius 1 is 0.733 bits per heavy atom. The molecule has 0 saturated heterocycles. The fourth-order valence-corrected chi connectivity index (χ4v) is 3.17. The van der Waals surface area contributed by atoms with Crippen LogP contribution in [-0.2, 0) is 0 Å². The minimum absolute atomic E-state index is 0.247. The van der Waals surface area contributed by atoms with Gasteiger partial charge >= 0.3 is 0 Å². The SMILES string of the molecule is C(=N\Nc1nc(-c2ccccc2)cc(-c2ccccc2)n1)/c1ccc2c(c1)OCO2. The lowest BCUT2D eigenvalue weighted by Crippen LogP contribution is -2.00. The second-order valence-corrected chi connectivity index (χ2v) is 6.68. The maximum Gasteiger partial charge on any atom is 0.244 e. The van der Waals surface area contributed by atoms with E-state index >= 15 is 0 Å². The molecule has 2 heterocycles. The number of ether oxygens (including phenoxy) is 2. The molecule has 0 bridgehead atoms. The first-order valence-electron chi connectivity index (χ1n) is 9.54. The number of aromatic nitrogens is 2. The zero-order valence-corrected chi connectivity index (χ0v) is 16.0. The molecule has 0 spiro atoms. The van der Waals surface area contributed by atoms with Crippen molar-refractivity contribution in [1.29, 1.82) is 0 Å². The van der Waals surface area contributed by atoms with E-state index in [9.17, 15) is 0 Å². The van der Waals surface area contributed by atoms with Crippen molar-refractivity contribution in [3.05, 3.63) is 90.5 Å². The second-order valence-electron chi connectivity index (χ2n) is 6.68. The molecule has 146 valence electrons. The number of hydrogen-bond acceptors (Lipinski definition) is 6. The van der Waals surface area contributed by atoms with Crippen LogP contribution in [0.4, 0.5) is 5.95 Å². The maximum atomic E-state index is 5.40.